The number of hydrogen-bond donors (Lipinski definition) is 1. The van der Waals surface area contributed by atoms with Crippen LogP contribution in [0.3, 0.4) is 0 Å². The summed E-state index contributed by atoms with van der Waals surface area (Å²) in [6, 6.07) is 6.31. The second-order valence-electron chi connectivity index (χ2n) is 5.52. The number of para-hydroxylation sites is 1. The van der Waals surface area contributed by atoms with E-state index >= 15 is 0 Å². The van der Waals surface area contributed by atoms with Crippen molar-refractivity contribution in [1.82, 2.24) is 0 Å². The zero-order chi connectivity index (χ0) is 11.7. The Balaban J connectivity index is 1.72. The van der Waals surface area contributed by atoms with Crippen molar-refractivity contribution in [3.05, 3.63) is 28.8 Å². The Bertz CT molecular complexity index is 396. The summed E-state index contributed by atoms with van der Waals surface area (Å²) in [4.78, 5) is 0. The fourth-order valence-electron chi connectivity index (χ4n) is 3.44. The molecule has 2 heteroatoms. The van der Waals surface area contributed by atoms with Crippen molar-refractivity contribution in [2.24, 2.45) is 5.92 Å². The van der Waals surface area contributed by atoms with Gasteiger partial charge in [-0.05, 0) is 24.0 Å². The van der Waals surface area contributed by atoms with E-state index in [2.05, 4.69) is 17.4 Å². The Kier molecular flexibility index (Phi) is 3.28. The highest BCUT2D eigenvalue weighted by molar-refractivity contribution is 6.33. The summed E-state index contributed by atoms with van der Waals surface area (Å²) in [5, 5.41) is 4.36. The zero-order valence-electron chi connectivity index (χ0n) is 10.2. The fourth-order valence-corrected chi connectivity index (χ4v) is 3.69. The predicted molar refractivity (Wildman–Crippen MR) is 73.9 cm³/mol. The van der Waals surface area contributed by atoms with Crippen LogP contribution in [0, 0.1) is 5.92 Å². The van der Waals surface area contributed by atoms with Crippen molar-refractivity contribution in [3.63, 3.8) is 0 Å². The molecule has 1 saturated carbocycles. The van der Waals surface area contributed by atoms with Crippen molar-refractivity contribution in [3.8, 4) is 0 Å². The smallest absolute Gasteiger partial charge is 0.0640 e. The van der Waals surface area contributed by atoms with E-state index in [0.717, 1.165) is 17.5 Å². The van der Waals surface area contributed by atoms with Gasteiger partial charge in [-0.3, -0.25) is 0 Å². The van der Waals surface area contributed by atoms with Gasteiger partial charge in [-0.2, -0.15) is 0 Å². The molecule has 1 aliphatic carbocycles. The number of hydrogen-bond acceptors (Lipinski definition) is 1. The normalized spacial score (nSPS) is 24.4. The van der Waals surface area contributed by atoms with Crippen LogP contribution in [-0.2, 0) is 0 Å². The van der Waals surface area contributed by atoms with Crippen LogP contribution < -0.4 is 5.32 Å². The molecule has 1 aromatic carbocycles. The molecule has 1 nitrogen and oxygen atoms in total. The van der Waals surface area contributed by atoms with Crippen molar-refractivity contribution >= 4 is 17.3 Å². The van der Waals surface area contributed by atoms with Gasteiger partial charge in [0.15, 0.2) is 0 Å². The quantitative estimate of drug-likeness (QED) is 0.793. The average Bonchev–Trinajstić information content (AvgIpc) is 2.76. The first-order valence-corrected chi connectivity index (χ1v) is 7.24. The lowest BCUT2D eigenvalue weighted by Crippen LogP contribution is -2.12. The first-order valence-electron chi connectivity index (χ1n) is 6.87. The van der Waals surface area contributed by atoms with E-state index in [1.807, 2.05) is 6.07 Å². The zero-order valence-corrected chi connectivity index (χ0v) is 11.0. The predicted octanol–water partition coefficient (Wildman–Crippen LogP) is 4.82. The van der Waals surface area contributed by atoms with Crippen LogP contribution in [0.2, 0.25) is 5.02 Å². The van der Waals surface area contributed by atoms with E-state index in [-0.39, 0.29) is 0 Å². The summed E-state index contributed by atoms with van der Waals surface area (Å²) in [5.74, 6) is 1.63. The molecule has 1 aromatic rings. The Morgan fingerprint density at radius 3 is 2.82 bits per heavy atom. The molecule has 0 spiro atoms. The lowest BCUT2D eigenvalue weighted by molar-refractivity contribution is 0.323. The lowest BCUT2D eigenvalue weighted by atomic mass is 9.81. The number of halogens is 1. The third-order valence-corrected chi connectivity index (χ3v) is 4.67. The van der Waals surface area contributed by atoms with Gasteiger partial charge in [0.25, 0.3) is 0 Å². The monoisotopic (exact) mass is 249 g/mol. The molecule has 2 aliphatic rings. The first kappa shape index (κ1) is 11.4. The highest BCUT2D eigenvalue weighted by atomic mass is 35.5. The van der Waals surface area contributed by atoms with Gasteiger partial charge in [-0.25, -0.2) is 0 Å². The summed E-state index contributed by atoms with van der Waals surface area (Å²) in [7, 11) is 0. The molecule has 0 aromatic heterocycles. The molecule has 0 bridgehead atoms. The van der Waals surface area contributed by atoms with Crippen LogP contribution in [0.15, 0.2) is 18.2 Å². The summed E-state index contributed by atoms with van der Waals surface area (Å²) < 4.78 is 0. The molecule has 92 valence electrons. The molecule has 0 amide bonds. The Labute approximate surface area is 109 Å². The number of nitrogens with one attached hydrogen (secondary N) is 1. The lowest BCUT2D eigenvalue weighted by Gasteiger charge is -2.24. The molecule has 0 saturated heterocycles. The standard InChI is InChI=1S/C15H20ClN/c16-14-8-4-7-13-12(10-17-15(13)14)9-11-5-2-1-3-6-11/h4,7-8,11-12,17H,1-3,5-6,9-10H2. The minimum atomic E-state index is 0.687. The SMILES string of the molecule is Clc1cccc2c1NCC2CC1CCCCC1. The van der Waals surface area contributed by atoms with E-state index < -0.39 is 0 Å². The third kappa shape index (κ3) is 2.30. The van der Waals surface area contributed by atoms with Crippen molar-refractivity contribution in [2.45, 2.75) is 44.4 Å². The molecule has 1 N–H and O–H groups in total. The largest absolute Gasteiger partial charge is 0.383 e. The Hall–Kier alpha value is -0.690. The summed E-state index contributed by atoms with van der Waals surface area (Å²) >= 11 is 6.22. The summed E-state index contributed by atoms with van der Waals surface area (Å²) in [5.41, 5.74) is 2.64. The summed E-state index contributed by atoms with van der Waals surface area (Å²) in [6.45, 7) is 1.08. The molecule has 1 heterocycles. The molecule has 1 fully saturated rings. The average molecular weight is 250 g/mol. The number of rotatable bonds is 2. The highest BCUT2D eigenvalue weighted by Gasteiger charge is 2.27. The maximum Gasteiger partial charge on any atom is 0.0640 e. The topological polar surface area (TPSA) is 12.0 Å². The highest BCUT2D eigenvalue weighted by Crippen LogP contribution is 2.41. The molecular weight excluding hydrogens is 230 g/mol. The summed E-state index contributed by atoms with van der Waals surface area (Å²) in [6.07, 6.45) is 8.54. The van der Waals surface area contributed by atoms with Crippen molar-refractivity contribution in [2.75, 3.05) is 11.9 Å². The van der Waals surface area contributed by atoms with Gasteiger partial charge in [0.2, 0.25) is 0 Å². The van der Waals surface area contributed by atoms with Crippen LogP contribution in [0.25, 0.3) is 0 Å². The van der Waals surface area contributed by atoms with E-state index in [1.165, 1.54) is 49.8 Å². The minimum Gasteiger partial charge on any atom is -0.383 e. The van der Waals surface area contributed by atoms with E-state index in [0.29, 0.717) is 5.92 Å². The maximum atomic E-state index is 6.22. The van der Waals surface area contributed by atoms with Gasteiger partial charge in [-0.15, -0.1) is 0 Å². The number of benzene rings is 1. The van der Waals surface area contributed by atoms with Crippen LogP contribution in [0.4, 0.5) is 5.69 Å². The second-order valence-corrected chi connectivity index (χ2v) is 5.93. The molecule has 3 rings (SSSR count). The van der Waals surface area contributed by atoms with Gasteiger partial charge < -0.3 is 5.32 Å². The molecule has 1 atom stereocenters. The van der Waals surface area contributed by atoms with Crippen LogP contribution >= 0.6 is 11.6 Å². The number of anilines is 1. The van der Waals surface area contributed by atoms with Crippen molar-refractivity contribution in [1.29, 1.82) is 0 Å². The van der Waals surface area contributed by atoms with Crippen molar-refractivity contribution < 1.29 is 0 Å². The van der Waals surface area contributed by atoms with Crippen LogP contribution in [0.1, 0.15) is 50.0 Å². The molecule has 1 unspecified atom stereocenters. The minimum absolute atomic E-state index is 0.687. The third-order valence-electron chi connectivity index (χ3n) is 4.35. The van der Waals surface area contributed by atoms with Gasteiger partial charge in [0, 0.05) is 12.5 Å². The fraction of sp³-hybridized carbons (Fsp3) is 0.600. The van der Waals surface area contributed by atoms with E-state index in [4.69, 9.17) is 11.6 Å². The Morgan fingerprint density at radius 2 is 2.00 bits per heavy atom. The van der Waals surface area contributed by atoms with E-state index in [9.17, 15) is 0 Å². The van der Waals surface area contributed by atoms with Gasteiger partial charge in [0.1, 0.15) is 0 Å². The molecule has 1 aliphatic heterocycles. The van der Waals surface area contributed by atoms with E-state index in [1.54, 1.807) is 0 Å². The molecule has 17 heavy (non-hydrogen) atoms. The molecular formula is C15H20ClN. The first-order chi connectivity index (χ1) is 8.34. The van der Waals surface area contributed by atoms with Crippen LogP contribution in [0.5, 0.6) is 0 Å². The Morgan fingerprint density at radius 1 is 1.18 bits per heavy atom. The second kappa shape index (κ2) is 4.89. The number of fused-ring (bicyclic) bond motifs is 1. The van der Waals surface area contributed by atoms with Gasteiger partial charge in [0.05, 0.1) is 10.7 Å². The van der Waals surface area contributed by atoms with Gasteiger partial charge >= 0.3 is 0 Å². The van der Waals surface area contributed by atoms with Gasteiger partial charge in [-0.1, -0.05) is 55.8 Å². The van der Waals surface area contributed by atoms with Crippen LogP contribution in [-0.4, -0.2) is 6.54 Å². The maximum absolute atomic E-state index is 6.22. The molecule has 0 radical (unpaired) electrons.